The van der Waals surface area contributed by atoms with Crippen molar-refractivity contribution in [2.75, 3.05) is 18.1 Å². The topological polar surface area (TPSA) is 119 Å². The highest BCUT2D eigenvalue weighted by Crippen LogP contribution is 2.24. The molecule has 1 amide bonds. The van der Waals surface area contributed by atoms with Gasteiger partial charge in [-0.1, -0.05) is 42.1 Å². The molecule has 4 rings (SSSR count). The molecule has 4 aromatic rings. The molecule has 0 saturated carbocycles. The lowest BCUT2D eigenvalue weighted by molar-refractivity contribution is -0.113. The number of anilines is 1. The number of furan rings is 1. The number of benzene rings is 2. The maximum atomic E-state index is 12.8. The molecule has 0 saturated heterocycles. The van der Waals surface area contributed by atoms with Crippen LogP contribution in [0.25, 0.3) is 11.7 Å². The fourth-order valence-electron chi connectivity index (χ4n) is 2.91. The van der Waals surface area contributed by atoms with E-state index in [0.717, 1.165) is 17.3 Å². The first-order valence-corrected chi connectivity index (χ1v) is 12.2. The van der Waals surface area contributed by atoms with E-state index in [9.17, 15) is 13.2 Å². The van der Waals surface area contributed by atoms with Gasteiger partial charge in [-0.2, -0.15) is 4.31 Å². The molecule has 0 unspecified atom stereocenters. The van der Waals surface area contributed by atoms with Gasteiger partial charge in [0.25, 0.3) is 11.1 Å². The fraction of sp³-hybridized carbons (Fsp3) is 0.136. The molecule has 2 aromatic carbocycles. The molecule has 2 heterocycles. The molecule has 0 atom stereocenters. The van der Waals surface area contributed by atoms with Crippen LogP contribution in [0.1, 0.15) is 5.56 Å². The number of thioether (sulfide) groups is 1. The molecule has 0 fully saturated rings. The van der Waals surface area contributed by atoms with Gasteiger partial charge in [0.1, 0.15) is 0 Å². The van der Waals surface area contributed by atoms with E-state index in [0.29, 0.717) is 11.4 Å². The minimum absolute atomic E-state index is 0.0413. The van der Waals surface area contributed by atoms with Crippen molar-refractivity contribution < 1.29 is 22.0 Å². The summed E-state index contributed by atoms with van der Waals surface area (Å²) in [6, 6.07) is 18.8. The fourth-order valence-corrected chi connectivity index (χ4v) is 4.63. The van der Waals surface area contributed by atoms with Crippen LogP contribution in [0, 0.1) is 0 Å². The highest BCUT2D eigenvalue weighted by atomic mass is 32.2. The van der Waals surface area contributed by atoms with Crippen LogP contribution in [0.2, 0.25) is 0 Å². The van der Waals surface area contributed by atoms with Gasteiger partial charge in [-0.25, -0.2) is 8.42 Å². The van der Waals surface area contributed by atoms with Crippen molar-refractivity contribution in [2.45, 2.75) is 16.7 Å². The molecule has 170 valence electrons. The second-order valence-corrected chi connectivity index (χ2v) is 9.93. The first-order chi connectivity index (χ1) is 15.9. The van der Waals surface area contributed by atoms with Gasteiger partial charge in [0, 0.05) is 19.3 Å². The van der Waals surface area contributed by atoms with Crippen LogP contribution in [0.15, 0.2) is 91.9 Å². The number of carbonyl (C=O) groups excluding carboxylic acids is 1. The van der Waals surface area contributed by atoms with E-state index in [1.807, 2.05) is 30.3 Å². The first kappa shape index (κ1) is 22.8. The summed E-state index contributed by atoms with van der Waals surface area (Å²) in [7, 11) is -2.13. The molecule has 2 aromatic heterocycles. The average Bonchev–Trinajstić information content (AvgIpc) is 3.51. The molecule has 0 spiro atoms. The maximum absolute atomic E-state index is 12.8. The van der Waals surface area contributed by atoms with E-state index in [4.69, 9.17) is 8.83 Å². The predicted molar refractivity (Wildman–Crippen MR) is 123 cm³/mol. The minimum atomic E-state index is -3.66. The summed E-state index contributed by atoms with van der Waals surface area (Å²) in [6.07, 6.45) is 1.50. The van der Waals surface area contributed by atoms with Crippen LogP contribution < -0.4 is 5.32 Å². The molecular formula is C22H20N4O5S2. The molecule has 0 aliphatic rings. The molecule has 0 radical (unpaired) electrons. The SMILES string of the molecule is CN(Cc1ccccc1)S(=O)(=O)c1ccc(NC(=O)CSc2nnc(-c3ccco3)o2)cc1. The Labute approximate surface area is 194 Å². The van der Waals surface area contributed by atoms with Gasteiger partial charge in [0.2, 0.25) is 15.9 Å². The Balaban J connectivity index is 1.32. The molecule has 1 N–H and O–H groups in total. The van der Waals surface area contributed by atoms with E-state index in [1.165, 1.54) is 29.7 Å². The van der Waals surface area contributed by atoms with Gasteiger partial charge >= 0.3 is 0 Å². The maximum Gasteiger partial charge on any atom is 0.284 e. The summed E-state index contributed by atoms with van der Waals surface area (Å²) in [5.41, 5.74) is 1.37. The number of rotatable bonds is 9. The smallest absolute Gasteiger partial charge is 0.284 e. The van der Waals surface area contributed by atoms with Gasteiger partial charge in [0.05, 0.1) is 16.9 Å². The van der Waals surface area contributed by atoms with Crippen LogP contribution in [0.4, 0.5) is 5.69 Å². The van der Waals surface area contributed by atoms with Gasteiger partial charge < -0.3 is 14.2 Å². The van der Waals surface area contributed by atoms with Crippen LogP contribution in [0.3, 0.4) is 0 Å². The predicted octanol–water partition coefficient (Wildman–Crippen LogP) is 3.88. The van der Waals surface area contributed by atoms with Crippen molar-refractivity contribution in [3.63, 3.8) is 0 Å². The van der Waals surface area contributed by atoms with Gasteiger partial charge in [-0.15, -0.1) is 10.2 Å². The highest BCUT2D eigenvalue weighted by Gasteiger charge is 2.21. The summed E-state index contributed by atoms with van der Waals surface area (Å²) in [5, 5.41) is 10.7. The second kappa shape index (κ2) is 10.0. The van der Waals surface area contributed by atoms with Crippen LogP contribution >= 0.6 is 11.8 Å². The van der Waals surface area contributed by atoms with Crippen molar-refractivity contribution in [3.8, 4) is 11.7 Å². The zero-order valence-electron chi connectivity index (χ0n) is 17.5. The van der Waals surface area contributed by atoms with Crippen LogP contribution in [0.5, 0.6) is 0 Å². The van der Waals surface area contributed by atoms with Crippen LogP contribution in [-0.2, 0) is 21.4 Å². The Morgan fingerprint density at radius 2 is 1.79 bits per heavy atom. The Hall–Kier alpha value is -3.41. The molecule has 33 heavy (non-hydrogen) atoms. The minimum Gasteiger partial charge on any atom is -0.459 e. The van der Waals surface area contributed by atoms with Crippen LogP contribution in [-0.4, -0.2) is 41.6 Å². The highest BCUT2D eigenvalue weighted by molar-refractivity contribution is 7.99. The Kier molecular flexibility index (Phi) is 6.92. The van der Waals surface area contributed by atoms with Gasteiger partial charge in [-0.3, -0.25) is 4.79 Å². The zero-order valence-corrected chi connectivity index (χ0v) is 19.2. The van der Waals surface area contributed by atoms with Gasteiger partial charge in [0.15, 0.2) is 5.76 Å². The number of aromatic nitrogens is 2. The summed E-state index contributed by atoms with van der Waals surface area (Å²) in [6.45, 7) is 0.260. The van der Waals surface area contributed by atoms with E-state index in [-0.39, 0.29) is 34.2 Å². The normalized spacial score (nSPS) is 11.6. The van der Waals surface area contributed by atoms with Crippen molar-refractivity contribution in [1.82, 2.24) is 14.5 Å². The summed E-state index contributed by atoms with van der Waals surface area (Å²) in [4.78, 5) is 12.4. The van der Waals surface area contributed by atoms with Crippen molar-refractivity contribution in [1.29, 1.82) is 0 Å². The molecule has 0 bridgehead atoms. The quantitative estimate of drug-likeness (QED) is 0.356. The second-order valence-electron chi connectivity index (χ2n) is 6.96. The average molecular weight is 485 g/mol. The number of nitrogens with one attached hydrogen (secondary N) is 1. The molecular weight excluding hydrogens is 464 g/mol. The number of hydrogen-bond donors (Lipinski definition) is 1. The monoisotopic (exact) mass is 484 g/mol. The van der Waals surface area contributed by atoms with E-state index in [2.05, 4.69) is 15.5 Å². The lowest BCUT2D eigenvalue weighted by atomic mass is 10.2. The number of nitrogens with zero attached hydrogens (tertiary/aromatic N) is 3. The van der Waals surface area contributed by atoms with Crippen molar-refractivity contribution in [2.24, 2.45) is 0 Å². The largest absolute Gasteiger partial charge is 0.459 e. The third-order valence-electron chi connectivity index (χ3n) is 4.56. The standard InChI is InChI=1S/C22H20N4O5S2/c1-26(14-16-6-3-2-4-7-16)33(28,29)18-11-9-17(10-12-18)23-20(27)15-32-22-25-24-21(31-22)19-8-5-13-30-19/h2-13H,14-15H2,1H3,(H,23,27). The molecule has 9 nitrogen and oxygen atoms in total. The Morgan fingerprint density at radius 3 is 2.48 bits per heavy atom. The van der Waals surface area contributed by atoms with E-state index < -0.39 is 10.0 Å². The van der Waals surface area contributed by atoms with Crippen molar-refractivity contribution >= 4 is 33.4 Å². The number of sulfonamides is 1. The number of carbonyl (C=O) groups is 1. The number of hydrogen-bond acceptors (Lipinski definition) is 8. The lowest BCUT2D eigenvalue weighted by Crippen LogP contribution is -2.26. The van der Waals surface area contributed by atoms with Gasteiger partial charge in [-0.05, 0) is 42.0 Å². The first-order valence-electron chi connectivity index (χ1n) is 9.82. The third kappa shape index (κ3) is 5.69. The Bertz CT molecular complexity index is 1300. The summed E-state index contributed by atoms with van der Waals surface area (Å²) < 4.78 is 37.6. The molecule has 0 aliphatic heterocycles. The third-order valence-corrected chi connectivity index (χ3v) is 7.20. The summed E-state index contributed by atoms with van der Waals surface area (Å²) in [5.74, 6) is 0.425. The summed E-state index contributed by atoms with van der Waals surface area (Å²) >= 11 is 1.08. The zero-order chi connectivity index (χ0) is 23.3. The Morgan fingerprint density at radius 1 is 1.03 bits per heavy atom. The van der Waals surface area contributed by atoms with E-state index in [1.54, 1.807) is 24.3 Å². The van der Waals surface area contributed by atoms with Crippen molar-refractivity contribution in [3.05, 3.63) is 78.6 Å². The molecule has 11 heteroatoms. The molecule has 0 aliphatic carbocycles. The lowest BCUT2D eigenvalue weighted by Gasteiger charge is -2.17. The van der Waals surface area contributed by atoms with E-state index >= 15 is 0 Å². The number of amides is 1.